The van der Waals surface area contributed by atoms with Crippen LogP contribution < -0.4 is 15.2 Å². The number of benzene rings is 2. The highest BCUT2D eigenvalue weighted by molar-refractivity contribution is 7.17. The van der Waals surface area contributed by atoms with E-state index in [1.807, 2.05) is 29.5 Å². The molecule has 32 heavy (non-hydrogen) atoms. The second-order valence-corrected chi connectivity index (χ2v) is 9.54. The van der Waals surface area contributed by atoms with Crippen LogP contribution in [0.5, 0.6) is 5.75 Å². The second-order valence-electron chi connectivity index (χ2n) is 8.19. The zero-order valence-corrected chi connectivity index (χ0v) is 19.4. The van der Waals surface area contributed by atoms with Crippen LogP contribution in [0.15, 0.2) is 58.7 Å². The van der Waals surface area contributed by atoms with Gasteiger partial charge in [0, 0.05) is 48.0 Å². The van der Waals surface area contributed by atoms with E-state index in [1.165, 1.54) is 15.8 Å². The number of nitrogens with one attached hydrogen (secondary N) is 1. The average Bonchev–Trinajstić information content (AvgIpc) is 3.29. The van der Waals surface area contributed by atoms with Crippen LogP contribution in [0.25, 0.3) is 21.0 Å². The molecule has 2 aromatic heterocycles. The standard InChI is InChI=1S/C25H26ClN3O2S/c26-21-16-18-6-7-19(17-22(18)27-25(21)30)31-14-2-1-9-28-10-12-29(13-11-28)23-4-3-5-24-20(23)8-15-32-24/h3-8,15-17H,1-2,9-14H2,(H,27,30). The second kappa shape index (κ2) is 9.53. The topological polar surface area (TPSA) is 48.6 Å². The molecule has 0 bridgehead atoms. The van der Waals surface area contributed by atoms with Gasteiger partial charge in [0.25, 0.3) is 5.56 Å². The molecule has 4 aromatic rings. The third-order valence-electron chi connectivity index (χ3n) is 6.10. The molecule has 5 rings (SSSR count). The number of hydrogen-bond donors (Lipinski definition) is 1. The molecule has 1 aliphatic heterocycles. The van der Waals surface area contributed by atoms with Crippen molar-refractivity contribution in [1.82, 2.24) is 9.88 Å². The monoisotopic (exact) mass is 467 g/mol. The Kier molecular flexibility index (Phi) is 6.35. The van der Waals surface area contributed by atoms with Crippen LogP contribution in [0.2, 0.25) is 5.02 Å². The molecule has 0 atom stereocenters. The summed E-state index contributed by atoms with van der Waals surface area (Å²) in [4.78, 5) is 19.6. The van der Waals surface area contributed by atoms with E-state index >= 15 is 0 Å². The minimum atomic E-state index is -0.275. The van der Waals surface area contributed by atoms with Gasteiger partial charge < -0.3 is 14.6 Å². The van der Waals surface area contributed by atoms with Gasteiger partial charge >= 0.3 is 0 Å². The molecule has 0 aliphatic carbocycles. The van der Waals surface area contributed by atoms with Crippen molar-refractivity contribution in [3.8, 4) is 5.75 Å². The Bertz CT molecular complexity index is 1280. The number of unbranched alkanes of at least 4 members (excludes halogenated alkanes) is 1. The maximum Gasteiger partial charge on any atom is 0.267 e. The summed E-state index contributed by atoms with van der Waals surface area (Å²) >= 11 is 7.70. The maximum absolute atomic E-state index is 11.7. The van der Waals surface area contributed by atoms with Gasteiger partial charge in [0.2, 0.25) is 0 Å². The predicted octanol–water partition coefficient (Wildman–Crippen LogP) is 5.38. The van der Waals surface area contributed by atoms with Crippen molar-refractivity contribution in [3.05, 3.63) is 69.3 Å². The van der Waals surface area contributed by atoms with Crippen LogP contribution in [0.4, 0.5) is 5.69 Å². The van der Waals surface area contributed by atoms with Gasteiger partial charge in [0.1, 0.15) is 10.8 Å². The molecule has 1 aliphatic rings. The van der Waals surface area contributed by atoms with Gasteiger partial charge in [-0.15, -0.1) is 11.3 Å². The van der Waals surface area contributed by atoms with Gasteiger partial charge in [-0.05, 0) is 66.6 Å². The van der Waals surface area contributed by atoms with E-state index < -0.39 is 0 Å². The third kappa shape index (κ3) is 4.63. The summed E-state index contributed by atoms with van der Waals surface area (Å²) in [6.07, 6.45) is 2.11. The number of hydrogen-bond acceptors (Lipinski definition) is 5. The van der Waals surface area contributed by atoms with E-state index in [0.29, 0.717) is 6.61 Å². The molecule has 5 nitrogen and oxygen atoms in total. The molecule has 1 fully saturated rings. The molecule has 0 saturated carbocycles. The molecule has 0 radical (unpaired) electrons. The highest BCUT2D eigenvalue weighted by Crippen LogP contribution is 2.31. The van der Waals surface area contributed by atoms with Crippen LogP contribution in [-0.2, 0) is 0 Å². The Morgan fingerprint density at radius 3 is 2.78 bits per heavy atom. The van der Waals surface area contributed by atoms with E-state index in [0.717, 1.165) is 62.2 Å². The van der Waals surface area contributed by atoms with Crippen LogP contribution in [0.3, 0.4) is 0 Å². The van der Waals surface area contributed by atoms with Crippen molar-refractivity contribution in [2.24, 2.45) is 0 Å². The number of nitrogens with zero attached hydrogens (tertiary/aromatic N) is 2. The number of piperazine rings is 1. The lowest BCUT2D eigenvalue weighted by Gasteiger charge is -2.36. The summed E-state index contributed by atoms with van der Waals surface area (Å²) in [6.45, 7) is 6.12. The molecule has 0 spiro atoms. The molecular formula is C25H26ClN3O2S. The van der Waals surface area contributed by atoms with Crippen molar-refractivity contribution in [3.63, 3.8) is 0 Å². The first kappa shape index (κ1) is 21.3. The molecular weight excluding hydrogens is 442 g/mol. The van der Waals surface area contributed by atoms with E-state index in [1.54, 1.807) is 6.07 Å². The molecule has 2 aromatic carbocycles. The van der Waals surface area contributed by atoms with Gasteiger partial charge in [-0.25, -0.2) is 0 Å². The molecule has 3 heterocycles. The number of halogens is 1. The van der Waals surface area contributed by atoms with Crippen LogP contribution in [0.1, 0.15) is 12.8 Å². The Hall–Kier alpha value is -2.54. The van der Waals surface area contributed by atoms with Gasteiger partial charge in [0.05, 0.1) is 12.1 Å². The van der Waals surface area contributed by atoms with Crippen LogP contribution in [0, 0.1) is 0 Å². The van der Waals surface area contributed by atoms with Crippen LogP contribution >= 0.6 is 22.9 Å². The average molecular weight is 468 g/mol. The van der Waals surface area contributed by atoms with E-state index in [4.69, 9.17) is 16.3 Å². The van der Waals surface area contributed by atoms with E-state index in [-0.39, 0.29) is 10.6 Å². The maximum atomic E-state index is 11.7. The summed E-state index contributed by atoms with van der Waals surface area (Å²) < 4.78 is 7.27. The fourth-order valence-electron chi connectivity index (χ4n) is 4.34. The van der Waals surface area contributed by atoms with Gasteiger partial charge in [0.15, 0.2) is 0 Å². The fraction of sp³-hybridized carbons (Fsp3) is 0.320. The highest BCUT2D eigenvalue weighted by Gasteiger charge is 2.18. The summed E-state index contributed by atoms with van der Waals surface area (Å²) in [5, 5.41) is 4.66. The Balaban J connectivity index is 1.06. The number of thiophene rings is 1. The molecule has 0 unspecified atom stereocenters. The van der Waals surface area contributed by atoms with E-state index in [9.17, 15) is 4.79 Å². The first-order chi connectivity index (χ1) is 15.7. The molecule has 1 saturated heterocycles. The first-order valence-corrected chi connectivity index (χ1v) is 12.3. The summed E-state index contributed by atoms with van der Waals surface area (Å²) in [7, 11) is 0. The SMILES string of the molecule is O=c1[nH]c2cc(OCCCCN3CCN(c4cccc5sccc45)CC3)ccc2cc1Cl. The molecule has 166 valence electrons. The first-order valence-electron chi connectivity index (χ1n) is 11.1. The Morgan fingerprint density at radius 2 is 1.91 bits per heavy atom. The van der Waals surface area contributed by atoms with Crippen LogP contribution in [-0.4, -0.2) is 49.2 Å². The minimum absolute atomic E-state index is 0.204. The number of ether oxygens (including phenoxy) is 1. The number of pyridine rings is 1. The van der Waals surface area contributed by atoms with Gasteiger partial charge in [-0.1, -0.05) is 17.7 Å². The number of aromatic nitrogens is 1. The number of H-pyrrole nitrogens is 1. The zero-order chi connectivity index (χ0) is 21.9. The largest absolute Gasteiger partial charge is 0.494 e. The van der Waals surface area contributed by atoms with Crippen molar-refractivity contribution < 1.29 is 4.74 Å². The normalized spacial score (nSPS) is 15.0. The predicted molar refractivity (Wildman–Crippen MR) is 135 cm³/mol. The highest BCUT2D eigenvalue weighted by atomic mass is 35.5. The molecule has 0 amide bonds. The van der Waals surface area contributed by atoms with E-state index in [2.05, 4.69) is 44.4 Å². The lowest BCUT2D eigenvalue weighted by molar-refractivity contribution is 0.239. The number of anilines is 1. The zero-order valence-electron chi connectivity index (χ0n) is 17.9. The smallest absolute Gasteiger partial charge is 0.267 e. The van der Waals surface area contributed by atoms with Gasteiger partial charge in [-0.3, -0.25) is 9.69 Å². The number of rotatable bonds is 7. The summed E-state index contributed by atoms with van der Waals surface area (Å²) in [5.41, 5.74) is 1.84. The Labute approximate surface area is 196 Å². The van der Waals surface area contributed by atoms with Crippen molar-refractivity contribution in [1.29, 1.82) is 0 Å². The van der Waals surface area contributed by atoms with Gasteiger partial charge in [-0.2, -0.15) is 0 Å². The summed E-state index contributed by atoms with van der Waals surface area (Å²) in [5.74, 6) is 0.770. The minimum Gasteiger partial charge on any atom is -0.494 e. The molecule has 7 heteroatoms. The summed E-state index contributed by atoms with van der Waals surface area (Å²) in [6, 6.07) is 16.2. The van der Waals surface area contributed by atoms with Crippen molar-refractivity contribution in [2.45, 2.75) is 12.8 Å². The van der Waals surface area contributed by atoms with Crippen molar-refractivity contribution >= 4 is 49.6 Å². The lowest BCUT2D eigenvalue weighted by atomic mass is 10.2. The lowest BCUT2D eigenvalue weighted by Crippen LogP contribution is -2.46. The third-order valence-corrected chi connectivity index (χ3v) is 7.26. The molecule has 1 N–H and O–H groups in total. The van der Waals surface area contributed by atoms with Crippen molar-refractivity contribution in [2.75, 3.05) is 44.2 Å². The number of aromatic amines is 1. The number of fused-ring (bicyclic) bond motifs is 2. The fourth-order valence-corrected chi connectivity index (χ4v) is 5.31. The quantitative estimate of drug-likeness (QED) is 0.371. The Morgan fingerprint density at radius 1 is 1.03 bits per heavy atom.